The Morgan fingerprint density at radius 3 is 3.06 bits per heavy atom. The van der Waals surface area contributed by atoms with Crippen molar-refractivity contribution in [3.05, 3.63) is 40.5 Å². The molecule has 1 atom stereocenters. The monoisotopic (exact) mass is 298 g/mol. The number of nitrogens with zero attached hydrogens (tertiary/aromatic N) is 2. The van der Waals surface area contributed by atoms with Crippen LogP contribution in [0.4, 0.5) is 0 Å². The topological polar surface area (TPSA) is 35.0 Å². The van der Waals surface area contributed by atoms with E-state index in [4.69, 9.17) is 4.74 Å². The lowest BCUT2D eigenvalue weighted by molar-refractivity contribution is 0.396. The highest BCUT2D eigenvalue weighted by molar-refractivity contribution is 9.09. The summed E-state index contributed by atoms with van der Waals surface area (Å²) in [5.41, 5.74) is 2.25. The fraction of sp³-hybridized carbons (Fsp3) is 0.273. The van der Waals surface area contributed by atoms with Gasteiger partial charge in [0, 0.05) is 23.0 Å². The number of rotatable bonds is 4. The molecule has 0 aliphatic heterocycles. The zero-order valence-corrected chi connectivity index (χ0v) is 11.2. The van der Waals surface area contributed by atoms with E-state index in [0.717, 1.165) is 12.1 Å². The highest BCUT2D eigenvalue weighted by Crippen LogP contribution is 2.28. The van der Waals surface area contributed by atoms with Gasteiger partial charge < -0.3 is 4.74 Å². The number of halogens is 1. The normalized spacial score (nSPS) is 12.4. The van der Waals surface area contributed by atoms with E-state index in [1.54, 1.807) is 18.4 Å². The van der Waals surface area contributed by atoms with E-state index >= 15 is 0 Å². The lowest BCUT2D eigenvalue weighted by Gasteiger charge is -2.07. The molecule has 16 heavy (non-hydrogen) atoms. The molecule has 0 saturated carbocycles. The van der Waals surface area contributed by atoms with Crippen molar-refractivity contribution in [2.24, 2.45) is 0 Å². The van der Waals surface area contributed by atoms with Crippen LogP contribution in [0.1, 0.15) is 16.1 Å². The van der Waals surface area contributed by atoms with Crippen LogP contribution in [0.25, 0.3) is 0 Å². The first-order valence-corrected chi connectivity index (χ1v) is 6.66. The average molecular weight is 299 g/mol. The van der Waals surface area contributed by atoms with Gasteiger partial charge in [-0.3, -0.25) is 0 Å². The van der Waals surface area contributed by atoms with E-state index in [2.05, 4.69) is 42.7 Å². The van der Waals surface area contributed by atoms with Crippen LogP contribution < -0.4 is 4.74 Å². The first-order valence-electron chi connectivity index (χ1n) is 4.80. The van der Waals surface area contributed by atoms with Crippen molar-refractivity contribution in [3.63, 3.8) is 0 Å². The highest BCUT2D eigenvalue weighted by atomic mass is 79.9. The first-order chi connectivity index (χ1) is 7.79. The summed E-state index contributed by atoms with van der Waals surface area (Å²) in [4.78, 5) is 8.49. The Morgan fingerprint density at radius 1 is 1.50 bits per heavy atom. The molecule has 0 bridgehead atoms. The number of methoxy groups -OCH3 is 1. The molecular weight excluding hydrogens is 288 g/mol. The van der Waals surface area contributed by atoms with Crippen LogP contribution in [0, 0.1) is 0 Å². The van der Waals surface area contributed by atoms with E-state index in [-0.39, 0.29) is 0 Å². The number of hydrogen-bond donors (Lipinski definition) is 0. The lowest BCUT2D eigenvalue weighted by Crippen LogP contribution is -1.98. The summed E-state index contributed by atoms with van der Waals surface area (Å²) in [6, 6.07) is 3.98. The summed E-state index contributed by atoms with van der Waals surface area (Å²) in [5, 5.41) is 4.21. The van der Waals surface area contributed by atoms with Gasteiger partial charge in [-0.25, -0.2) is 9.97 Å². The quantitative estimate of drug-likeness (QED) is 0.813. The molecule has 2 aromatic heterocycles. The third-order valence-corrected chi connectivity index (χ3v) is 3.75. The van der Waals surface area contributed by atoms with Crippen LogP contribution in [0.5, 0.6) is 5.88 Å². The molecule has 2 aromatic rings. The number of thiophene rings is 1. The number of hydrogen-bond acceptors (Lipinski definition) is 4. The maximum atomic E-state index is 5.06. The lowest BCUT2D eigenvalue weighted by atomic mass is 10.1. The van der Waals surface area contributed by atoms with Crippen molar-refractivity contribution in [3.8, 4) is 5.88 Å². The van der Waals surface area contributed by atoms with Crippen LogP contribution in [0.2, 0.25) is 0 Å². The summed E-state index contributed by atoms with van der Waals surface area (Å²) in [7, 11) is 1.61. The second-order valence-corrected chi connectivity index (χ2v) is 5.17. The number of ether oxygens (including phenoxy) is 1. The van der Waals surface area contributed by atoms with Gasteiger partial charge in [-0.2, -0.15) is 11.3 Å². The summed E-state index contributed by atoms with van der Waals surface area (Å²) >= 11 is 5.35. The molecule has 84 valence electrons. The molecule has 0 aliphatic carbocycles. The van der Waals surface area contributed by atoms with Crippen LogP contribution in [0.15, 0.2) is 29.2 Å². The zero-order chi connectivity index (χ0) is 11.4. The van der Waals surface area contributed by atoms with Crippen molar-refractivity contribution in [1.82, 2.24) is 9.97 Å². The molecule has 3 nitrogen and oxygen atoms in total. The molecule has 0 saturated heterocycles. The second-order valence-electron chi connectivity index (χ2n) is 3.28. The SMILES string of the molecule is COc1cc(CC(Br)c2ccsc2)ncn1. The second kappa shape index (κ2) is 5.41. The fourth-order valence-corrected chi connectivity index (χ4v) is 2.86. The zero-order valence-electron chi connectivity index (χ0n) is 8.76. The van der Waals surface area contributed by atoms with Crippen molar-refractivity contribution >= 4 is 27.3 Å². The average Bonchev–Trinajstić information content (AvgIpc) is 2.83. The van der Waals surface area contributed by atoms with Gasteiger partial charge in [-0.1, -0.05) is 15.9 Å². The third kappa shape index (κ3) is 2.80. The Bertz CT molecular complexity index is 447. The van der Waals surface area contributed by atoms with Gasteiger partial charge in [0.2, 0.25) is 5.88 Å². The predicted octanol–water partition coefficient (Wildman–Crippen LogP) is 3.23. The predicted molar refractivity (Wildman–Crippen MR) is 68.3 cm³/mol. The molecule has 1 unspecified atom stereocenters. The Labute approximate surface area is 107 Å². The van der Waals surface area contributed by atoms with Gasteiger partial charge in [0.05, 0.1) is 7.11 Å². The Kier molecular flexibility index (Phi) is 3.90. The Balaban J connectivity index is 2.08. The number of aromatic nitrogens is 2. The minimum Gasteiger partial charge on any atom is -0.481 e. The van der Waals surface area contributed by atoms with Gasteiger partial charge in [0.1, 0.15) is 6.33 Å². The third-order valence-electron chi connectivity index (χ3n) is 2.20. The van der Waals surface area contributed by atoms with E-state index in [1.807, 2.05) is 6.07 Å². The van der Waals surface area contributed by atoms with Crippen molar-refractivity contribution in [1.29, 1.82) is 0 Å². The molecule has 2 rings (SSSR count). The molecule has 0 amide bonds. The van der Waals surface area contributed by atoms with Gasteiger partial charge in [0.25, 0.3) is 0 Å². The molecule has 0 fully saturated rings. The molecule has 0 N–H and O–H groups in total. The minimum absolute atomic E-state index is 0.290. The van der Waals surface area contributed by atoms with Crippen molar-refractivity contribution in [2.75, 3.05) is 7.11 Å². The number of alkyl halides is 1. The van der Waals surface area contributed by atoms with Crippen LogP contribution >= 0.6 is 27.3 Å². The van der Waals surface area contributed by atoms with Crippen LogP contribution in [-0.4, -0.2) is 17.1 Å². The van der Waals surface area contributed by atoms with Crippen LogP contribution in [-0.2, 0) is 6.42 Å². The molecule has 0 aliphatic rings. The van der Waals surface area contributed by atoms with Crippen LogP contribution in [0.3, 0.4) is 0 Å². The highest BCUT2D eigenvalue weighted by Gasteiger charge is 2.10. The molecule has 2 heterocycles. The van der Waals surface area contributed by atoms with E-state index in [0.29, 0.717) is 10.7 Å². The minimum atomic E-state index is 0.290. The molecule has 0 aromatic carbocycles. The Hall–Kier alpha value is -0.940. The summed E-state index contributed by atoms with van der Waals surface area (Å²) in [5.74, 6) is 0.606. The van der Waals surface area contributed by atoms with Gasteiger partial charge in [-0.15, -0.1) is 0 Å². The van der Waals surface area contributed by atoms with Gasteiger partial charge in [-0.05, 0) is 22.4 Å². The summed E-state index contributed by atoms with van der Waals surface area (Å²) in [6.07, 6.45) is 2.36. The van der Waals surface area contributed by atoms with E-state index in [1.165, 1.54) is 11.9 Å². The van der Waals surface area contributed by atoms with E-state index < -0.39 is 0 Å². The Morgan fingerprint density at radius 2 is 2.38 bits per heavy atom. The van der Waals surface area contributed by atoms with Crippen molar-refractivity contribution < 1.29 is 4.74 Å². The largest absolute Gasteiger partial charge is 0.481 e. The summed E-state index contributed by atoms with van der Waals surface area (Å²) in [6.45, 7) is 0. The molecular formula is C11H11BrN2OS. The molecule has 5 heteroatoms. The molecule has 0 radical (unpaired) electrons. The van der Waals surface area contributed by atoms with Gasteiger partial charge in [0.15, 0.2) is 0 Å². The standard InChI is InChI=1S/C11H11BrN2OS/c1-15-11-5-9(13-7-14-11)4-10(12)8-2-3-16-6-8/h2-3,5-7,10H,4H2,1H3. The summed E-state index contributed by atoms with van der Waals surface area (Å²) < 4.78 is 5.06. The maximum Gasteiger partial charge on any atom is 0.216 e. The van der Waals surface area contributed by atoms with E-state index in [9.17, 15) is 0 Å². The van der Waals surface area contributed by atoms with Gasteiger partial charge >= 0.3 is 0 Å². The fourth-order valence-electron chi connectivity index (χ4n) is 1.35. The van der Waals surface area contributed by atoms with Crippen molar-refractivity contribution in [2.45, 2.75) is 11.2 Å². The maximum absolute atomic E-state index is 5.06. The first kappa shape index (κ1) is 11.5. The smallest absolute Gasteiger partial charge is 0.216 e. The molecule has 0 spiro atoms.